The number of hydrogen-bond acceptors (Lipinski definition) is 8. The van der Waals surface area contributed by atoms with Crippen LogP contribution >= 0.6 is 11.3 Å². The van der Waals surface area contributed by atoms with Crippen LogP contribution in [0.3, 0.4) is 0 Å². The van der Waals surface area contributed by atoms with Crippen LogP contribution in [0.2, 0.25) is 0 Å². The van der Waals surface area contributed by atoms with Crippen LogP contribution in [0.5, 0.6) is 0 Å². The van der Waals surface area contributed by atoms with Crippen LogP contribution in [-0.2, 0) is 11.2 Å². The van der Waals surface area contributed by atoms with Gasteiger partial charge in [0.15, 0.2) is 0 Å². The second-order valence-electron chi connectivity index (χ2n) is 6.63. The molecule has 1 fully saturated rings. The van der Waals surface area contributed by atoms with Crippen LogP contribution in [0.4, 0.5) is 15.7 Å². The molecule has 0 aliphatic carbocycles. The molecule has 0 spiro atoms. The predicted molar refractivity (Wildman–Crippen MR) is 112 cm³/mol. The van der Waals surface area contributed by atoms with E-state index in [0.717, 1.165) is 36.6 Å². The zero-order valence-corrected chi connectivity index (χ0v) is 17.6. The Labute approximate surface area is 174 Å². The molecule has 2 aromatic rings. The number of hydrogen-bond donors (Lipinski definition) is 1. The van der Waals surface area contributed by atoms with E-state index in [0.29, 0.717) is 36.9 Å². The highest BCUT2D eigenvalue weighted by Gasteiger charge is 2.21. The van der Waals surface area contributed by atoms with Crippen molar-refractivity contribution in [2.24, 2.45) is 0 Å². The van der Waals surface area contributed by atoms with Crippen molar-refractivity contribution in [2.45, 2.75) is 33.1 Å². The van der Waals surface area contributed by atoms with Gasteiger partial charge in [0.25, 0.3) is 0 Å². The number of aryl methyl sites for hydroxylation is 1. The molecule has 9 nitrogen and oxygen atoms in total. The Kier molecular flexibility index (Phi) is 7.34. The number of carbonyl (C=O) groups excluding carboxylic acids is 2. The van der Waals surface area contributed by atoms with Crippen LogP contribution in [0, 0.1) is 0 Å². The molecule has 0 aromatic carbocycles. The summed E-state index contributed by atoms with van der Waals surface area (Å²) in [6, 6.07) is 3.38. The predicted octanol–water partition coefficient (Wildman–Crippen LogP) is 2.81. The Hall–Kier alpha value is -2.75. The maximum absolute atomic E-state index is 12.6. The third kappa shape index (κ3) is 5.63. The minimum atomic E-state index is -0.371. The topological polar surface area (TPSA) is 101 Å². The number of urea groups is 1. The van der Waals surface area contributed by atoms with Crippen molar-refractivity contribution in [3.05, 3.63) is 28.9 Å². The Morgan fingerprint density at radius 1 is 1.17 bits per heavy atom. The fraction of sp³-hybridized carbons (Fsp3) is 0.526. The molecule has 0 saturated carbocycles. The average Bonchev–Trinajstić information content (AvgIpc) is 3.01. The molecular formula is C19H26N6O3S. The number of nitrogens with zero attached hydrogens (tertiary/aromatic N) is 5. The molecule has 10 heteroatoms. The Bertz CT molecular complexity index is 826. The van der Waals surface area contributed by atoms with Crippen molar-refractivity contribution in [2.75, 3.05) is 43.0 Å². The van der Waals surface area contributed by atoms with Crippen LogP contribution in [-0.4, -0.2) is 64.9 Å². The first-order chi connectivity index (χ1) is 14.1. The first-order valence-corrected chi connectivity index (χ1v) is 10.7. The lowest BCUT2D eigenvalue weighted by Gasteiger charge is -2.22. The lowest BCUT2D eigenvalue weighted by Crippen LogP contribution is -2.38. The third-order valence-corrected chi connectivity index (χ3v) is 5.41. The van der Waals surface area contributed by atoms with E-state index in [1.54, 1.807) is 17.9 Å². The second kappa shape index (κ2) is 10.1. The van der Waals surface area contributed by atoms with Gasteiger partial charge in [-0.1, -0.05) is 18.3 Å². The van der Waals surface area contributed by atoms with Gasteiger partial charge in [0.2, 0.25) is 5.13 Å². The molecule has 1 saturated heterocycles. The average molecular weight is 419 g/mol. The lowest BCUT2D eigenvalue weighted by atomic mass is 10.2. The Balaban J connectivity index is 1.55. The van der Waals surface area contributed by atoms with E-state index in [4.69, 9.17) is 4.74 Å². The first kappa shape index (κ1) is 21.0. The molecule has 1 aliphatic rings. The Morgan fingerprint density at radius 3 is 2.76 bits per heavy atom. The molecule has 0 unspecified atom stereocenters. The SMILES string of the molecule is CCCc1nnc(NC(=O)N2CCCN(c3ccc(C(=O)OCC)cn3)CC2)s1. The van der Waals surface area contributed by atoms with Gasteiger partial charge in [-0.3, -0.25) is 5.32 Å². The van der Waals surface area contributed by atoms with E-state index >= 15 is 0 Å². The fourth-order valence-electron chi connectivity index (χ4n) is 3.05. The maximum Gasteiger partial charge on any atom is 0.339 e. The van der Waals surface area contributed by atoms with E-state index in [1.807, 2.05) is 6.07 Å². The third-order valence-electron chi connectivity index (χ3n) is 4.51. The summed E-state index contributed by atoms with van der Waals surface area (Å²) in [5.41, 5.74) is 0.436. The number of anilines is 2. The number of esters is 1. The Morgan fingerprint density at radius 2 is 2.03 bits per heavy atom. The van der Waals surface area contributed by atoms with Gasteiger partial charge in [-0.15, -0.1) is 10.2 Å². The quantitative estimate of drug-likeness (QED) is 0.720. The summed E-state index contributed by atoms with van der Waals surface area (Å²) in [7, 11) is 0. The van der Waals surface area contributed by atoms with Crippen molar-refractivity contribution < 1.29 is 14.3 Å². The number of ether oxygens (including phenoxy) is 1. The van der Waals surface area contributed by atoms with E-state index < -0.39 is 0 Å². The largest absolute Gasteiger partial charge is 0.462 e. The minimum Gasteiger partial charge on any atom is -0.462 e. The normalized spacial score (nSPS) is 14.4. The van der Waals surface area contributed by atoms with Gasteiger partial charge in [0.05, 0.1) is 12.2 Å². The second-order valence-corrected chi connectivity index (χ2v) is 7.70. The number of nitrogens with one attached hydrogen (secondary N) is 1. The van der Waals surface area contributed by atoms with Gasteiger partial charge < -0.3 is 14.5 Å². The molecule has 1 aliphatic heterocycles. The van der Waals surface area contributed by atoms with E-state index in [2.05, 4.69) is 32.3 Å². The van der Waals surface area contributed by atoms with Crippen LogP contribution in [0.1, 0.15) is 42.1 Å². The number of carbonyl (C=O) groups is 2. The molecule has 29 heavy (non-hydrogen) atoms. The van der Waals surface area contributed by atoms with Gasteiger partial charge in [-0.25, -0.2) is 14.6 Å². The van der Waals surface area contributed by atoms with Crippen LogP contribution < -0.4 is 10.2 Å². The molecule has 3 heterocycles. The van der Waals surface area contributed by atoms with E-state index in [-0.39, 0.29) is 12.0 Å². The summed E-state index contributed by atoms with van der Waals surface area (Å²) in [5, 5.41) is 12.5. The first-order valence-electron chi connectivity index (χ1n) is 9.87. The van der Waals surface area contributed by atoms with Gasteiger partial charge in [0, 0.05) is 38.8 Å². The smallest absolute Gasteiger partial charge is 0.339 e. The van der Waals surface area contributed by atoms with E-state index in [1.165, 1.54) is 17.5 Å². The molecule has 3 rings (SSSR count). The van der Waals surface area contributed by atoms with Crippen molar-refractivity contribution in [1.82, 2.24) is 20.1 Å². The number of rotatable bonds is 6. The highest BCUT2D eigenvalue weighted by Crippen LogP contribution is 2.18. The maximum atomic E-state index is 12.6. The zero-order chi connectivity index (χ0) is 20.6. The monoisotopic (exact) mass is 418 g/mol. The van der Waals surface area contributed by atoms with Crippen molar-refractivity contribution in [3.63, 3.8) is 0 Å². The molecule has 156 valence electrons. The highest BCUT2D eigenvalue weighted by atomic mass is 32.1. The molecule has 0 bridgehead atoms. The van der Waals surface area contributed by atoms with Crippen molar-refractivity contribution in [1.29, 1.82) is 0 Å². The van der Waals surface area contributed by atoms with Crippen molar-refractivity contribution >= 4 is 34.3 Å². The number of amides is 2. The summed E-state index contributed by atoms with van der Waals surface area (Å²) in [4.78, 5) is 32.6. The summed E-state index contributed by atoms with van der Waals surface area (Å²) >= 11 is 1.42. The summed E-state index contributed by atoms with van der Waals surface area (Å²) in [6.07, 6.45) is 4.23. The summed E-state index contributed by atoms with van der Waals surface area (Å²) < 4.78 is 4.99. The summed E-state index contributed by atoms with van der Waals surface area (Å²) in [6.45, 7) is 6.88. The number of pyridine rings is 1. The highest BCUT2D eigenvalue weighted by molar-refractivity contribution is 7.15. The minimum absolute atomic E-state index is 0.156. The van der Waals surface area contributed by atoms with E-state index in [9.17, 15) is 9.59 Å². The molecular weight excluding hydrogens is 392 g/mol. The van der Waals surface area contributed by atoms with Crippen LogP contribution in [0.25, 0.3) is 0 Å². The molecule has 1 N–H and O–H groups in total. The fourth-order valence-corrected chi connectivity index (χ4v) is 3.88. The van der Waals surface area contributed by atoms with Gasteiger partial charge in [-0.05, 0) is 31.9 Å². The lowest BCUT2D eigenvalue weighted by molar-refractivity contribution is 0.0526. The van der Waals surface area contributed by atoms with Gasteiger partial charge in [-0.2, -0.15) is 0 Å². The van der Waals surface area contributed by atoms with Crippen LogP contribution in [0.15, 0.2) is 18.3 Å². The van der Waals surface area contributed by atoms with Gasteiger partial charge >= 0.3 is 12.0 Å². The molecule has 0 radical (unpaired) electrons. The molecule has 2 aromatic heterocycles. The summed E-state index contributed by atoms with van der Waals surface area (Å²) in [5.74, 6) is 0.415. The molecule has 2 amide bonds. The van der Waals surface area contributed by atoms with Gasteiger partial charge in [0.1, 0.15) is 10.8 Å². The van der Waals surface area contributed by atoms with Crippen molar-refractivity contribution in [3.8, 4) is 0 Å². The number of aromatic nitrogens is 3. The molecule has 0 atom stereocenters. The standard InChI is InChI=1S/C19H26N6O3S/c1-3-6-16-22-23-18(29-16)21-19(27)25-10-5-9-24(11-12-25)15-8-7-14(13-20-15)17(26)28-4-2/h7-8,13H,3-6,9-12H2,1-2H3,(H,21,23,27). The zero-order valence-electron chi connectivity index (χ0n) is 16.8.